The fourth-order valence-electron chi connectivity index (χ4n) is 3.25. The van der Waals surface area contributed by atoms with Crippen LogP contribution in [-0.4, -0.2) is 0 Å². The van der Waals surface area contributed by atoms with Crippen molar-refractivity contribution >= 4 is 21.9 Å². The number of fused-ring (bicyclic) bond motifs is 2. The van der Waals surface area contributed by atoms with Crippen LogP contribution in [0.2, 0.25) is 0 Å². The second-order valence-corrected chi connectivity index (χ2v) is 6.35. The zero-order chi connectivity index (χ0) is 17.6. The van der Waals surface area contributed by atoms with E-state index in [0.717, 1.165) is 27.5 Å². The maximum atomic E-state index is 12.2. The van der Waals surface area contributed by atoms with Crippen LogP contribution in [0.25, 0.3) is 33.1 Å². The van der Waals surface area contributed by atoms with Gasteiger partial charge in [0.1, 0.15) is 11.2 Å². The summed E-state index contributed by atoms with van der Waals surface area (Å²) in [5.74, 6) is 0. The molecule has 0 saturated heterocycles. The predicted molar refractivity (Wildman–Crippen MR) is 101 cm³/mol. The van der Waals surface area contributed by atoms with Crippen LogP contribution in [0.1, 0.15) is 16.7 Å². The summed E-state index contributed by atoms with van der Waals surface area (Å²) in [7, 11) is 0. The molecule has 25 heavy (non-hydrogen) atoms. The monoisotopic (exact) mass is 330 g/mol. The van der Waals surface area contributed by atoms with Crippen molar-refractivity contribution in [1.29, 1.82) is 0 Å². The molecular formula is C22H18O3. The van der Waals surface area contributed by atoms with Gasteiger partial charge in [-0.3, -0.25) is 0 Å². The van der Waals surface area contributed by atoms with Crippen LogP contribution in [-0.2, 0) is 6.42 Å². The molecule has 0 radical (unpaired) electrons. The van der Waals surface area contributed by atoms with E-state index in [0.29, 0.717) is 23.2 Å². The summed E-state index contributed by atoms with van der Waals surface area (Å²) < 4.78 is 11.2. The van der Waals surface area contributed by atoms with E-state index in [1.165, 1.54) is 5.56 Å². The highest BCUT2D eigenvalue weighted by Crippen LogP contribution is 2.34. The lowest BCUT2D eigenvalue weighted by molar-refractivity contribution is 0.550. The van der Waals surface area contributed by atoms with Gasteiger partial charge in [0.05, 0.1) is 6.26 Å². The van der Waals surface area contributed by atoms with Crippen LogP contribution >= 0.6 is 0 Å². The van der Waals surface area contributed by atoms with Crippen LogP contribution in [0.4, 0.5) is 0 Å². The van der Waals surface area contributed by atoms with E-state index in [9.17, 15) is 4.79 Å². The Hall–Kier alpha value is -3.07. The van der Waals surface area contributed by atoms with Gasteiger partial charge in [-0.25, -0.2) is 4.79 Å². The van der Waals surface area contributed by atoms with Gasteiger partial charge in [-0.2, -0.15) is 0 Å². The van der Waals surface area contributed by atoms with Crippen molar-refractivity contribution in [2.45, 2.75) is 20.3 Å². The van der Waals surface area contributed by atoms with Crippen molar-refractivity contribution in [1.82, 2.24) is 0 Å². The third kappa shape index (κ3) is 2.49. The van der Waals surface area contributed by atoms with E-state index in [-0.39, 0.29) is 5.63 Å². The summed E-state index contributed by atoms with van der Waals surface area (Å²) in [6.07, 6.45) is 3.98. The average molecular weight is 330 g/mol. The highest BCUT2D eigenvalue weighted by molar-refractivity contribution is 6.02. The Balaban J connectivity index is 2.01. The predicted octanol–water partition coefficient (Wildman–Crippen LogP) is 5.55. The van der Waals surface area contributed by atoms with Crippen molar-refractivity contribution < 1.29 is 8.83 Å². The van der Waals surface area contributed by atoms with Gasteiger partial charge in [0.25, 0.3) is 0 Å². The molecule has 0 aliphatic carbocycles. The van der Waals surface area contributed by atoms with E-state index in [1.54, 1.807) is 18.4 Å². The normalized spacial score (nSPS) is 11.3. The topological polar surface area (TPSA) is 43.4 Å². The molecule has 0 spiro atoms. The first-order chi connectivity index (χ1) is 12.1. The minimum atomic E-state index is -0.311. The number of furan rings is 1. The Morgan fingerprint density at radius 1 is 1.04 bits per heavy atom. The van der Waals surface area contributed by atoms with Crippen LogP contribution in [0, 0.1) is 13.8 Å². The lowest BCUT2D eigenvalue weighted by atomic mass is 9.99. The van der Waals surface area contributed by atoms with E-state index in [4.69, 9.17) is 8.83 Å². The summed E-state index contributed by atoms with van der Waals surface area (Å²) in [4.78, 5) is 12.2. The first-order valence-corrected chi connectivity index (χ1v) is 8.24. The second-order valence-electron chi connectivity index (χ2n) is 6.35. The molecule has 2 aromatic heterocycles. The second kappa shape index (κ2) is 5.78. The zero-order valence-electron chi connectivity index (χ0n) is 14.3. The molecule has 0 atom stereocenters. The molecule has 3 heteroatoms. The number of rotatable bonds is 3. The molecular weight excluding hydrogens is 312 g/mol. The molecule has 4 rings (SSSR count). The first kappa shape index (κ1) is 15.5. The van der Waals surface area contributed by atoms with E-state index in [2.05, 4.69) is 37.8 Å². The summed E-state index contributed by atoms with van der Waals surface area (Å²) in [6, 6.07) is 12.2. The van der Waals surface area contributed by atoms with E-state index >= 15 is 0 Å². The molecule has 0 saturated carbocycles. The quantitative estimate of drug-likeness (QED) is 0.365. The Morgan fingerprint density at radius 2 is 1.80 bits per heavy atom. The van der Waals surface area contributed by atoms with Crippen LogP contribution < -0.4 is 5.63 Å². The van der Waals surface area contributed by atoms with Gasteiger partial charge >= 0.3 is 5.63 Å². The Morgan fingerprint density at radius 3 is 2.52 bits per heavy atom. The van der Waals surface area contributed by atoms with Crippen molar-refractivity contribution in [3.05, 3.63) is 82.4 Å². The maximum Gasteiger partial charge on any atom is 0.340 e. The van der Waals surface area contributed by atoms with Crippen LogP contribution in [0.15, 0.2) is 68.9 Å². The number of hydrogen-bond donors (Lipinski definition) is 0. The first-order valence-electron chi connectivity index (χ1n) is 8.24. The van der Waals surface area contributed by atoms with Crippen LogP contribution in [0.5, 0.6) is 0 Å². The van der Waals surface area contributed by atoms with Gasteiger partial charge in [0.2, 0.25) is 0 Å². The van der Waals surface area contributed by atoms with Crippen molar-refractivity contribution in [2.75, 3.05) is 0 Å². The molecule has 4 aromatic rings. The van der Waals surface area contributed by atoms with E-state index in [1.807, 2.05) is 13.0 Å². The Labute approximate surface area is 145 Å². The smallest absolute Gasteiger partial charge is 0.340 e. The van der Waals surface area contributed by atoms with Crippen LogP contribution in [0.3, 0.4) is 0 Å². The summed E-state index contributed by atoms with van der Waals surface area (Å²) in [6.45, 7) is 7.75. The number of hydrogen-bond acceptors (Lipinski definition) is 3. The summed E-state index contributed by atoms with van der Waals surface area (Å²) in [5.41, 5.74) is 5.89. The van der Waals surface area contributed by atoms with E-state index < -0.39 is 0 Å². The minimum absolute atomic E-state index is 0.311. The van der Waals surface area contributed by atoms with Gasteiger partial charge in [-0.15, -0.1) is 6.58 Å². The fourth-order valence-corrected chi connectivity index (χ4v) is 3.25. The van der Waals surface area contributed by atoms with Crippen molar-refractivity contribution in [3.63, 3.8) is 0 Å². The molecule has 0 unspecified atom stereocenters. The Kier molecular flexibility index (Phi) is 3.57. The lowest BCUT2D eigenvalue weighted by Gasteiger charge is -2.06. The molecule has 124 valence electrons. The molecule has 0 aliphatic heterocycles. The zero-order valence-corrected chi connectivity index (χ0v) is 14.3. The largest absolute Gasteiger partial charge is 0.464 e. The Bertz CT molecular complexity index is 1160. The van der Waals surface area contributed by atoms with Crippen molar-refractivity contribution in [3.8, 4) is 11.1 Å². The molecule has 0 N–H and O–H groups in total. The molecule has 3 nitrogen and oxygen atoms in total. The van der Waals surface area contributed by atoms with Gasteiger partial charge in [0.15, 0.2) is 0 Å². The highest BCUT2D eigenvalue weighted by Gasteiger charge is 2.15. The molecule has 0 aliphatic rings. The van der Waals surface area contributed by atoms with Gasteiger partial charge in [-0.05, 0) is 37.5 Å². The highest BCUT2D eigenvalue weighted by atomic mass is 16.4. The number of allylic oxidation sites excluding steroid dienone is 1. The average Bonchev–Trinajstić information content (AvgIpc) is 3.01. The summed E-state index contributed by atoms with van der Waals surface area (Å²) in [5, 5.41) is 1.94. The number of benzene rings is 2. The molecule has 0 fully saturated rings. The molecule has 2 aromatic carbocycles. The molecule has 0 amide bonds. The minimum Gasteiger partial charge on any atom is -0.464 e. The third-order valence-corrected chi connectivity index (χ3v) is 4.69. The third-order valence-electron chi connectivity index (χ3n) is 4.69. The van der Waals surface area contributed by atoms with Gasteiger partial charge in [-0.1, -0.05) is 35.9 Å². The SMILES string of the molecule is C=CCc1c(C)c2cc3c(-c4ccc(C)cc4)coc3cc2oc1=O. The fraction of sp³-hybridized carbons (Fsp3) is 0.136. The maximum absolute atomic E-state index is 12.2. The summed E-state index contributed by atoms with van der Waals surface area (Å²) >= 11 is 0. The standard InChI is InChI=1S/C22H18O3/c1-4-5-16-14(3)17-10-18-19(15-8-6-13(2)7-9-15)12-24-20(18)11-21(17)25-22(16)23/h4,6-12H,1,5H2,2-3H3. The molecule has 2 heterocycles. The van der Waals surface area contributed by atoms with Gasteiger partial charge < -0.3 is 8.83 Å². The number of aryl methyl sites for hydroxylation is 2. The molecule has 0 bridgehead atoms. The van der Waals surface area contributed by atoms with Gasteiger partial charge in [0, 0.05) is 28.0 Å². The lowest BCUT2D eigenvalue weighted by Crippen LogP contribution is -2.09. The van der Waals surface area contributed by atoms with Crippen molar-refractivity contribution in [2.24, 2.45) is 0 Å².